The summed E-state index contributed by atoms with van der Waals surface area (Å²) in [4.78, 5) is 43.2. The van der Waals surface area contributed by atoms with E-state index in [1.807, 2.05) is 19.9 Å². The highest BCUT2D eigenvalue weighted by molar-refractivity contribution is 5.93. The summed E-state index contributed by atoms with van der Waals surface area (Å²) in [6.07, 6.45) is 3.33. The van der Waals surface area contributed by atoms with Crippen LogP contribution in [0.5, 0.6) is 0 Å². The fourth-order valence-corrected chi connectivity index (χ4v) is 4.06. The lowest BCUT2D eigenvalue weighted by molar-refractivity contribution is -0.125. The molecule has 4 rings (SSSR count). The number of amides is 2. The van der Waals surface area contributed by atoms with E-state index in [0.29, 0.717) is 37.9 Å². The van der Waals surface area contributed by atoms with Crippen LogP contribution >= 0.6 is 0 Å². The van der Waals surface area contributed by atoms with Crippen molar-refractivity contribution in [3.8, 4) is 0 Å². The van der Waals surface area contributed by atoms with Crippen molar-refractivity contribution in [3.63, 3.8) is 0 Å². The Morgan fingerprint density at radius 2 is 1.90 bits per heavy atom. The molecule has 0 spiro atoms. The standard InChI is InChI=1S/C22H28N6O3/c1-15(2)25-20(29)17-14-28(21(30)19-5-3-4-7-23-19)13-16(17)18-6-8-24-22(26-18)27-9-11-31-12-10-27/h3-8,15-17H,9-14H2,1-2H3,(H,25,29)/t16-,17-/m0/s1. The van der Waals surface area contributed by atoms with Gasteiger partial charge in [-0.25, -0.2) is 9.97 Å². The van der Waals surface area contributed by atoms with E-state index in [1.165, 1.54) is 0 Å². The zero-order chi connectivity index (χ0) is 21.8. The molecule has 9 heteroatoms. The molecule has 0 radical (unpaired) electrons. The van der Waals surface area contributed by atoms with Crippen LogP contribution in [0.25, 0.3) is 0 Å². The minimum absolute atomic E-state index is 0.0167. The Bertz CT molecular complexity index is 916. The normalized spacial score (nSPS) is 21.4. The van der Waals surface area contributed by atoms with E-state index < -0.39 is 0 Å². The number of anilines is 1. The average Bonchev–Trinajstić information content (AvgIpc) is 3.25. The van der Waals surface area contributed by atoms with Gasteiger partial charge in [-0.2, -0.15) is 0 Å². The van der Waals surface area contributed by atoms with Crippen molar-refractivity contribution in [2.75, 3.05) is 44.3 Å². The van der Waals surface area contributed by atoms with Gasteiger partial charge < -0.3 is 19.9 Å². The molecule has 9 nitrogen and oxygen atoms in total. The fourth-order valence-electron chi connectivity index (χ4n) is 4.06. The predicted octanol–water partition coefficient (Wildman–Crippen LogP) is 1.09. The molecule has 4 heterocycles. The van der Waals surface area contributed by atoms with Gasteiger partial charge in [0.1, 0.15) is 5.69 Å². The molecule has 2 fully saturated rings. The van der Waals surface area contributed by atoms with Crippen LogP contribution < -0.4 is 10.2 Å². The van der Waals surface area contributed by atoms with Gasteiger partial charge in [0.05, 0.1) is 24.8 Å². The molecule has 0 saturated carbocycles. The van der Waals surface area contributed by atoms with Gasteiger partial charge in [-0.15, -0.1) is 0 Å². The number of hydrogen-bond donors (Lipinski definition) is 1. The first-order chi connectivity index (χ1) is 15.0. The number of hydrogen-bond acceptors (Lipinski definition) is 7. The molecule has 0 bridgehead atoms. The number of pyridine rings is 1. The minimum atomic E-state index is -0.387. The van der Waals surface area contributed by atoms with Gasteiger partial charge >= 0.3 is 0 Å². The van der Waals surface area contributed by atoms with Crippen molar-refractivity contribution in [2.45, 2.75) is 25.8 Å². The lowest BCUT2D eigenvalue weighted by atomic mass is 9.91. The van der Waals surface area contributed by atoms with Crippen molar-refractivity contribution < 1.29 is 14.3 Å². The molecule has 2 atom stereocenters. The quantitative estimate of drug-likeness (QED) is 0.767. The number of aromatic nitrogens is 3. The first-order valence-electron chi connectivity index (χ1n) is 10.7. The number of carbonyl (C=O) groups is 2. The molecule has 31 heavy (non-hydrogen) atoms. The molecule has 0 aromatic carbocycles. The highest BCUT2D eigenvalue weighted by atomic mass is 16.5. The number of morpholine rings is 1. The van der Waals surface area contributed by atoms with Gasteiger partial charge in [0.2, 0.25) is 11.9 Å². The van der Waals surface area contributed by atoms with Crippen molar-refractivity contribution >= 4 is 17.8 Å². The van der Waals surface area contributed by atoms with Gasteiger partial charge in [-0.05, 0) is 32.0 Å². The average molecular weight is 425 g/mol. The van der Waals surface area contributed by atoms with Crippen LogP contribution in [0, 0.1) is 5.92 Å². The van der Waals surface area contributed by atoms with Crippen LogP contribution in [0.1, 0.15) is 35.9 Å². The van der Waals surface area contributed by atoms with E-state index in [0.717, 1.165) is 18.8 Å². The molecule has 1 N–H and O–H groups in total. The summed E-state index contributed by atoms with van der Waals surface area (Å²) in [5, 5.41) is 3.00. The second-order valence-electron chi connectivity index (χ2n) is 8.18. The van der Waals surface area contributed by atoms with Gasteiger partial charge in [0, 0.05) is 50.5 Å². The Balaban J connectivity index is 1.60. The number of carbonyl (C=O) groups excluding carboxylic acids is 2. The van der Waals surface area contributed by atoms with Crippen molar-refractivity contribution in [1.82, 2.24) is 25.2 Å². The third kappa shape index (κ3) is 4.82. The second kappa shape index (κ2) is 9.38. The Labute approximate surface area is 181 Å². The van der Waals surface area contributed by atoms with Crippen LogP contribution in [-0.4, -0.2) is 77.1 Å². The molecule has 2 aliphatic rings. The van der Waals surface area contributed by atoms with Gasteiger partial charge in [-0.3, -0.25) is 14.6 Å². The molecule has 2 saturated heterocycles. The summed E-state index contributed by atoms with van der Waals surface area (Å²) >= 11 is 0. The van der Waals surface area contributed by atoms with E-state index in [1.54, 1.807) is 35.5 Å². The van der Waals surface area contributed by atoms with Crippen LogP contribution in [0.2, 0.25) is 0 Å². The lowest BCUT2D eigenvalue weighted by Gasteiger charge is -2.27. The number of rotatable bonds is 5. The Morgan fingerprint density at radius 3 is 2.61 bits per heavy atom. The maximum absolute atomic E-state index is 13.0. The SMILES string of the molecule is CC(C)NC(=O)[C@H]1CN(C(=O)c2ccccn2)C[C@@H]1c1ccnc(N2CCOCC2)n1. The molecular weight excluding hydrogens is 396 g/mol. The number of nitrogens with one attached hydrogen (secondary N) is 1. The second-order valence-corrected chi connectivity index (χ2v) is 8.18. The fraction of sp³-hybridized carbons (Fsp3) is 0.500. The molecule has 2 amide bonds. The summed E-state index contributed by atoms with van der Waals surface area (Å²) in [6.45, 7) is 7.34. The smallest absolute Gasteiger partial charge is 0.272 e. The van der Waals surface area contributed by atoms with Crippen molar-refractivity contribution in [1.29, 1.82) is 0 Å². The zero-order valence-corrected chi connectivity index (χ0v) is 17.9. The molecule has 0 aliphatic carbocycles. The summed E-state index contributed by atoms with van der Waals surface area (Å²) in [6, 6.07) is 7.12. The molecule has 164 valence electrons. The summed E-state index contributed by atoms with van der Waals surface area (Å²) < 4.78 is 5.42. The Hall–Kier alpha value is -3.07. The van der Waals surface area contributed by atoms with Crippen LogP contribution in [0.4, 0.5) is 5.95 Å². The highest BCUT2D eigenvalue weighted by Gasteiger charge is 2.42. The zero-order valence-electron chi connectivity index (χ0n) is 17.9. The molecule has 2 aliphatic heterocycles. The first kappa shape index (κ1) is 21.2. The van der Waals surface area contributed by atoms with Gasteiger partial charge in [0.15, 0.2) is 0 Å². The summed E-state index contributed by atoms with van der Waals surface area (Å²) in [5.74, 6) is -0.203. The molecule has 2 aromatic heterocycles. The van der Waals surface area contributed by atoms with Crippen LogP contribution in [-0.2, 0) is 9.53 Å². The number of likely N-dealkylation sites (tertiary alicyclic amines) is 1. The summed E-state index contributed by atoms with van der Waals surface area (Å²) in [7, 11) is 0. The van der Waals surface area contributed by atoms with E-state index in [2.05, 4.69) is 20.2 Å². The topological polar surface area (TPSA) is 101 Å². The number of ether oxygens (including phenoxy) is 1. The Kier molecular flexibility index (Phi) is 6.41. The first-order valence-corrected chi connectivity index (χ1v) is 10.7. The Morgan fingerprint density at radius 1 is 1.10 bits per heavy atom. The lowest BCUT2D eigenvalue weighted by Crippen LogP contribution is -2.39. The maximum atomic E-state index is 13.0. The van der Waals surface area contributed by atoms with E-state index in [9.17, 15) is 9.59 Å². The monoisotopic (exact) mass is 424 g/mol. The van der Waals surface area contributed by atoms with E-state index in [4.69, 9.17) is 9.72 Å². The maximum Gasteiger partial charge on any atom is 0.272 e. The minimum Gasteiger partial charge on any atom is -0.378 e. The predicted molar refractivity (Wildman–Crippen MR) is 115 cm³/mol. The van der Waals surface area contributed by atoms with Crippen molar-refractivity contribution in [2.24, 2.45) is 5.92 Å². The number of nitrogens with zero attached hydrogens (tertiary/aromatic N) is 5. The largest absolute Gasteiger partial charge is 0.378 e. The highest BCUT2D eigenvalue weighted by Crippen LogP contribution is 2.33. The van der Waals surface area contributed by atoms with Gasteiger partial charge in [0.25, 0.3) is 5.91 Å². The molecule has 2 aromatic rings. The third-order valence-corrected chi connectivity index (χ3v) is 5.60. The third-order valence-electron chi connectivity index (χ3n) is 5.60. The van der Waals surface area contributed by atoms with E-state index >= 15 is 0 Å². The van der Waals surface area contributed by atoms with Crippen LogP contribution in [0.15, 0.2) is 36.7 Å². The summed E-state index contributed by atoms with van der Waals surface area (Å²) in [5.41, 5.74) is 1.15. The van der Waals surface area contributed by atoms with E-state index in [-0.39, 0.29) is 29.7 Å². The van der Waals surface area contributed by atoms with Crippen LogP contribution in [0.3, 0.4) is 0 Å². The molecule has 0 unspecified atom stereocenters. The van der Waals surface area contributed by atoms with Crippen molar-refractivity contribution in [3.05, 3.63) is 48.0 Å². The van der Waals surface area contributed by atoms with Gasteiger partial charge in [-0.1, -0.05) is 6.07 Å². The molecular formula is C22H28N6O3.